The van der Waals surface area contributed by atoms with E-state index in [4.69, 9.17) is 29.7 Å². The van der Waals surface area contributed by atoms with Crippen molar-refractivity contribution in [3.8, 4) is 0 Å². The monoisotopic (exact) mass is 796 g/mol. The molecule has 0 amide bonds. The summed E-state index contributed by atoms with van der Waals surface area (Å²) in [6.07, 6.45) is 17.3. The number of ether oxygens (including phenoxy) is 2. The Kier molecular flexibility index (Phi) is 14.7. The van der Waals surface area contributed by atoms with Gasteiger partial charge in [-0.3, -0.25) is 14.4 Å². The molecule has 5 atom stereocenters. The van der Waals surface area contributed by atoms with Gasteiger partial charge in [0.05, 0.1) is 13.4 Å². The van der Waals surface area contributed by atoms with E-state index in [1.54, 1.807) is 6.08 Å². The molecule has 1 aliphatic carbocycles. The first-order valence-electron chi connectivity index (χ1n) is 20.4. The van der Waals surface area contributed by atoms with Crippen molar-refractivity contribution >= 4 is 76.9 Å². The van der Waals surface area contributed by atoms with Gasteiger partial charge in [0, 0.05) is 12.0 Å². The molecule has 11 heteroatoms. The van der Waals surface area contributed by atoms with Crippen molar-refractivity contribution in [3.05, 3.63) is 95.4 Å². The van der Waals surface area contributed by atoms with Gasteiger partial charge in [-0.15, -0.1) is 33.1 Å². The van der Waals surface area contributed by atoms with Gasteiger partial charge in [-0.25, -0.2) is 0 Å². The van der Waals surface area contributed by atoms with Crippen LogP contribution in [0.3, 0.4) is 0 Å². The number of rotatable bonds is 14. The molecular weight excluding hydrogens is 741 g/mol. The van der Waals surface area contributed by atoms with Gasteiger partial charge >= 0.3 is 35.0 Å². The Morgan fingerprint density at radius 1 is 1.00 bits per heavy atom. The van der Waals surface area contributed by atoms with E-state index in [0.29, 0.717) is 67.9 Å². The van der Waals surface area contributed by atoms with E-state index in [0.717, 1.165) is 47.4 Å². The summed E-state index contributed by atoms with van der Waals surface area (Å²) in [6, 6.07) is -0.647. The van der Waals surface area contributed by atoms with E-state index < -0.39 is 17.9 Å². The zero-order valence-electron chi connectivity index (χ0n) is 35.4. The largest absolute Gasteiger partial charge is 2.00 e. The molecule has 1 unspecified atom stereocenters. The fraction of sp³-hybridized carbons (Fsp3) is 0.468. The van der Waals surface area contributed by atoms with Crippen LogP contribution in [0.1, 0.15) is 129 Å². The van der Waals surface area contributed by atoms with Crippen LogP contribution in [0.5, 0.6) is 0 Å². The molecule has 0 spiro atoms. The van der Waals surface area contributed by atoms with Crippen molar-refractivity contribution in [2.75, 3.05) is 13.7 Å². The number of allylic oxidation sites excluding steroid dienone is 2. The Labute approximate surface area is 357 Å². The molecule has 58 heavy (non-hydrogen) atoms. The average Bonchev–Trinajstić information content (AvgIpc) is 3.94. The van der Waals surface area contributed by atoms with Crippen molar-refractivity contribution in [2.45, 2.75) is 106 Å². The maximum atomic E-state index is 14.3. The molecule has 5 heterocycles. The molecule has 10 nitrogen and oxygen atoms in total. The van der Waals surface area contributed by atoms with Crippen LogP contribution < -0.4 is 36.2 Å². The number of nitrogens with zero attached hydrogens (tertiary/aromatic N) is 4. The summed E-state index contributed by atoms with van der Waals surface area (Å²) in [5.41, 5.74) is 7.95. The second kappa shape index (κ2) is 19.1. The Morgan fingerprint density at radius 2 is 1.74 bits per heavy atom. The molecule has 3 aromatic rings. The number of aromatic nitrogens is 3. The molecule has 6 rings (SSSR count). The number of hydrogen-bond acceptors (Lipinski definition) is 6. The van der Waals surface area contributed by atoms with E-state index in [2.05, 4.69) is 34.3 Å². The Balaban J connectivity index is 0.00000641. The summed E-state index contributed by atoms with van der Waals surface area (Å²) in [4.78, 5) is 56.1. The van der Waals surface area contributed by atoms with Crippen molar-refractivity contribution < 1.29 is 29.0 Å². The molecule has 3 aliphatic rings. The zero-order chi connectivity index (χ0) is 41.1. The summed E-state index contributed by atoms with van der Waals surface area (Å²) in [6.45, 7) is 18.7. The molecule has 1 N–H and O–H groups in total. The van der Waals surface area contributed by atoms with E-state index in [-0.39, 0.29) is 59.7 Å². The number of aliphatic hydroxyl groups excluding tert-OH is 1. The Bertz CT molecular complexity index is 2390. The van der Waals surface area contributed by atoms with Crippen LogP contribution >= 0.6 is 0 Å². The van der Waals surface area contributed by atoms with E-state index in [1.807, 2.05) is 45.1 Å². The summed E-state index contributed by atoms with van der Waals surface area (Å²) in [7, 11) is 1.28. The standard InChI is InChI=1S/C47H56N4O6.Mg/c1-10-14-25(4)15-13-16-26(5)19-20-57-40(53)18-17-32-28(7)35-21-34-27(6)30(11-2)37(48-34)23-39-33(24-52)31(12-3)38(49-39)22-36-29(8)41-45(51-36)42(44(32)50-35)43(46(41)54)47(55)56-9;/h11,19,21-25,28,32,43-44H,2,10,12-18,20H2,1,3-9H3,(H,52,54);/q-4;+2/b26-19+,35-21-,39-23-;/t25-,28+,32+,43-,44?;/m1./s1. The number of Topliss-reactive ketones (excluding diaryl/α,β-unsaturated/α-hetero) is 1. The summed E-state index contributed by atoms with van der Waals surface area (Å²) >= 11 is 0. The van der Waals surface area contributed by atoms with Crippen LogP contribution in [0.15, 0.2) is 23.9 Å². The average molecular weight is 797 g/mol. The molecular formula is C47H56MgN4O6-2. The minimum absolute atomic E-state index is 0. The molecule has 8 bridgehead atoms. The fourth-order valence-electron chi connectivity index (χ4n) is 8.95. The van der Waals surface area contributed by atoms with Gasteiger partial charge in [-0.1, -0.05) is 112 Å². The van der Waals surface area contributed by atoms with Crippen LogP contribution in [-0.2, 0) is 25.5 Å². The van der Waals surface area contributed by atoms with Crippen molar-refractivity contribution in [3.63, 3.8) is 0 Å². The minimum atomic E-state index is -1.22. The quantitative estimate of drug-likeness (QED) is 0.0991. The first-order chi connectivity index (χ1) is 27.4. The molecule has 3 aromatic heterocycles. The molecule has 1 saturated heterocycles. The SMILES string of the molecule is C=Cc1c2[n-]c(c1C)/C=C1\[N-]C(C3=c4[n-]/c(c(C)c4C(=O)[C@@H]3C(=O)OC)=C\c3[n-]c(/c(=C\O)c3CC)=C\2)[C@@H](CCC(=O)OC/C=C(\C)CCC[C@H](C)CCC)[C@@H]1C.[Mg+2]. The summed E-state index contributed by atoms with van der Waals surface area (Å²) in [5, 5.41) is 17.8. The Morgan fingerprint density at radius 3 is 2.41 bits per heavy atom. The van der Waals surface area contributed by atoms with Crippen LogP contribution in [0.25, 0.3) is 41.5 Å². The summed E-state index contributed by atoms with van der Waals surface area (Å²) < 4.78 is 10.9. The smallest absolute Gasteiger partial charge is 0.681 e. The maximum absolute atomic E-state index is 14.3. The predicted molar refractivity (Wildman–Crippen MR) is 230 cm³/mol. The van der Waals surface area contributed by atoms with Gasteiger partial charge in [0.2, 0.25) is 0 Å². The number of carbonyl (C=O) groups excluding carboxylic acids is 3. The third-order valence-electron chi connectivity index (χ3n) is 12.3. The van der Waals surface area contributed by atoms with Crippen molar-refractivity contribution in [2.24, 2.45) is 23.7 Å². The van der Waals surface area contributed by atoms with E-state index in [1.165, 1.54) is 31.9 Å². The van der Waals surface area contributed by atoms with Crippen LogP contribution in [-0.4, -0.2) is 65.6 Å². The number of aliphatic hydroxyl groups is 1. The first-order valence-corrected chi connectivity index (χ1v) is 20.4. The van der Waals surface area contributed by atoms with Gasteiger partial charge < -0.3 is 34.8 Å². The molecule has 0 aromatic carbocycles. The number of carbonyl (C=O) groups is 3. The van der Waals surface area contributed by atoms with Gasteiger partial charge in [0.25, 0.3) is 0 Å². The zero-order valence-corrected chi connectivity index (χ0v) is 36.8. The number of fused-ring (bicyclic) bond motifs is 8. The molecule has 304 valence electrons. The molecule has 2 aliphatic heterocycles. The number of methoxy groups -OCH3 is 1. The van der Waals surface area contributed by atoms with Crippen molar-refractivity contribution in [1.29, 1.82) is 0 Å². The van der Waals surface area contributed by atoms with Gasteiger partial charge in [0.1, 0.15) is 12.5 Å². The van der Waals surface area contributed by atoms with Gasteiger partial charge in [0.15, 0.2) is 5.78 Å². The number of hydrogen-bond donors (Lipinski definition) is 1. The molecule has 1 fully saturated rings. The van der Waals surface area contributed by atoms with Crippen LogP contribution in [0, 0.1) is 37.5 Å². The summed E-state index contributed by atoms with van der Waals surface area (Å²) in [5.74, 6) is -2.31. The van der Waals surface area contributed by atoms with E-state index >= 15 is 0 Å². The third-order valence-corrected chi connectivity index (χ3v) is 12.3. The first kappa shape index (κ1) is 44.6. The number of esters is 2. The Hall–Kier alpha value is -4.48. The maximum Gasteiger partial charge on any atom is 2.00 e. The number of ketones is 1. The van der Waals surface area contributed by atoms with Gasteiger partial charge in [-0.05, 0) is 81.1 Å². The third kappa shape index (κ3) is 8.62. The molecule has 0 saturated carbocycles. The second-order valence-electron chi connectivity index (χ2n) is 15.9. The topological polar surface area (TPSA) is 146 Å². The second-order valence-corrected chi connectivity index (χ2v) is 15.9. The van der Waals surface area contributed by atoms with Crippen LogP contribution in [0.4, 0.5) is 0 Å². The fourth-order valence-corrected chi connectivity index (χ4v) is 8.95. The van der Waals surface area contributed by atoms with Crippen LogP contribution in [0.2, 0.25) is 0 Å². The predicted octanol–water partition coefficient (Wildman–Crippen LogP) is 5.33. The van der Waals surface area contributed by atoms with Gasteiger partial charge in [-0.2, -0.15) is 5.70 Å². The normalized spacial score (nSPS) is 22.5. The van der Waals surface area contributed by atoms with E-state index in [9.17, 15) is 19.5 Å². The van der Waals surface area contributed by atoms with Crippen molar-refractivity contribution in [1.82, 2.24) is 15.0 Å². The molecule has 0 radical (unpaired) electrons. The minimum Gasteiger partial charge on any atom is -0.681 e.